The number of rotatable bonds is 8. The minimum atomic E-state index is -0.652. The molecule has 0 aliphatic rings. The van der Waals surface area contributed by atoms with Gasteiger partial charge in [0.25, 0.3) is 0 Å². The summed E-state index contributed by atoms with van der Waals surface area (Å²) in [6.45, 7) is 1.65. The summed E-state index contributed by atoms with van der Waals surface area (Å²) in [6.07, 6.45) is -0.186. The molecule has 1 unspecified atom stereocenters. The first-order valence-corrected chi connectivity index (χ1v) is 8.70. The fourth-order valence-corrected chi connectivity index (χ4v) is 2.90. The van der Waals surface area contributed by atoms with E-state index in [9.17, 15) is 9.18 Å². The molecule has 0 heterocycles. The summed E-state index contributed by atoms with van der Waals surface area (Å²) >= 11 is 7.09. The summed E-state index contributed by atoms with van der Waals surface area (Å²) in [5.74, 6) is -0.233. The molecule has 7 heteroatoms. The summed E-state index contributed by atoms with van der Waals surface area (Å²) in [5.41, 5.74) is 7.25. The number of carbonyl (C=O) groups is 1. The van der Waals surface area contributed by atoms with Crippen molar-refractivity contribution in [2.45, 2.75) is 18.8 Å². The molecule has 25 heavy (non-hydrogen) atoms. The quantitative estimate of drug-likeness (QED) is 0.309. The largest absolute Gasteiger partial charge is 0.469 e. The second kappa shape index (κ2) is 9.34. The molecule has 0 amide bonds. The number of nitrogens with two attached hydrogens (primary N) is 1. The average Bonchev–Trinajstić information content (AvgIpc) is 2.61. The number of ether oxygens (including phenoxy) is 1. The molecule has 0 aliphatic carbocycles. The Bertz CT molecular complexity index is 755. The van der Waals surface area contributed by atoms with Crippen LogP contribution < -0.4 is 5.73 Å². The molecule has 4 nitrogen and oxygen atoms in total. The van der Waals surface area contributed by atoms with Gasteiger partial charge in [-0.3, -0.25) is 4.79 Å². The van der Waals surface area contributed by atoms with Crippen LogP contribution in [0.1, 0.15) is 24.2 Å². The van der Waals surface area contributed by atoms with Gasteiger partial charge in [-0.15, -0.1) is 0 Å². The van der Waals surface area contributed by atoms with Crippen molar-refractivity contribution in [1.82, 2.24) is 0 Å². The molecule has 2 aromatic carbocycles. The molecule has 2 rings (SSSR count). The van der Waals surface area contributed by atoms with E-state index in [0.29, 0.717) is 22.6 Å². The first-order chi connectivity index (χ1) is 12.0. The predicted molar refractivity (Wildman–Crippen MR) is 97.0 cm³/mol. The van der Waals surface area contributed by atoms with Gasteiger partial charge in [-0.05, 0) is 30.7 Å². The average molecular weight is 382 g/mol. The van der Waals surface area contributed by atoms with E-state index in [1.54, 1.807) is 6.92 Å². The first-order valence-electron chi connectivity index (χ1n) is 7.41. The van der Waals surface area contributed by atoms with E-state index in [2.05, 4.69) is 0 Å². The third-order valence-electron chi connectivity index (χ3n) is 3.27. The van der Waals surface area contributed by atoms with Crippen LogP contribution in [-0.2, 0) is 19.5 Å². The number of benzene rings is 2. The van der Waals surface area contributed by atoms with Crippen molar-refractivity contribution in [1.29, 1.82) is 0 Å². The first kappa shape index (κ1) is 19.1. The molecule has 0 aromatic heterocycles. The Hall–Kier alpha value is -2.18. The number of aldehydes is 1. The molecular formula is C18H17ClFNO3S. The van der Waals surface area contributed by atoms with Crippen LogP contribution in [0.4, 0.5) is 4.39 Å². The Labute approximate surface area is 155 Å². The lowest BCUT2D eigenvalue weighted by Crippen LogP contribution is -2.12. The Morgan fingerprint density at radius 1 is 1.32 bits per heavy atom. The summed E-state index contributed by atoms with van der Waals surface area (Å²) in [4.78, 5) is 11.2. The number of allylic oxidation sites excluding steroid dienone is 1. The highest BCUT2D eigenvalue weighted by Gasteiger charge is 2.16. The zero-order valence-corrected chi connectivity index (χ0v) is 15.0. The zero-order chi connectivity index (χ0) is 18.2. The topological polar surface area (TPSA) is 61.5 Å². The molecular weight excluding hydrogens is 365 g/mol. The van der Waals surface area contributed by atoms with Crippen LogP contribution in [0.25, 0.3) is 0 Å². The summed E-state index contributed by atoms with van der Waals surface area (Å²) in [7, 11) is 0. The Morgan fingerprint density at radius 2 is 2.04 bits per heavy atom. The minimum Gasteiger partial charge on any atom is -0.469 e. The molecule has 0 saturated carbocycles. The highest BCUT2D eigenvalue weighted by molar-refractivity contribution is 7.94. The molecule has 0 bridgehead atoms. The highest BCUT2D eigenvalue weighted by atomic mass is 35.5. The monoisotopic (exact) mass is 381 g/mol. The van der Waals surface area contributed by atoms with E-state index < -0.39 is 11.9 Å². The smallest absolute Gasteiger partial charge is 0.236 e. The van der Waals surface area contributed by atoms with Crippen molar-refractivity contribution >= 4 is 29.9 Å². The van der Waals surface area contributed by atoms with Crippen LogP contribution in [0, 0.1) is 5.82 Å². The number of hydrogen-bond donors (Lipinski definition) is 1. The fourth-order valence-electron chi connectivity index (χ4n) is 1.99. The predicted octanol–water partition coefficient (Wildman–Crippen LogP) is 4.75. The number of carbonyl (C=O) groups excluding carboxylic acids is 1. The standard InChI is InChI=1S/C18H17ClFNO3S/c1-12(15-9-14(20)7-8-16(15)19)23-18(21)17(10-22)24-25-11-13-5-3-2-4-6-13/h2-10,12H,11,21H2,1H3/b18-17+. The molecule has 0 aliphatic heterocycles. The molecule has 2 N–H and O–H groups in total. The van der Waals surface area contributed by atoms with Crippen molar-refractivity contribution in [2.24, 2.45) is 5.73 Å². The van der Waals surface area contributed by atoms with E-state index in [4.69, 9.17) is 26.3 Å². The van der Waals surface area contributed by atoms with Gasteiger partial charge in [0.15, 0.2) is 6.29 Å². The molecule has 0 radical (unpaired) electrons. The summed E-state index contributed by atoms with van der Waals surface area (Å²) in [6, 6.07) is 13.5. The lowest BCUT2D eigenvalue weighted by molar-refractivity contribution is -0.106. The van der Waals surface area contributed by atoms with Crippen molar-refractivity contribution in [3.05, 3.63) is 82.1 Å². The van der Waals surface area contributed by atoms with Gasteiger partial charge in [0.1, 0.15) is 11.9 Å². The molecule has 0 fully saturated rings. The second-order valence-corrected chi connectivity index (χ2v) is 6.20. The van der Waals surface area contributed by atoms with Crippen molar-refractivity contribution in [3.8, 4) is 0 Å². The van der Waals surface area contributed by atoms with E-state index in [-0.39, 0.29) is 11.6 Å². The van der Waals surface area contributed by atoms with E-state index >= 15 is 0 Å². The van der Waals surface area contributed by atoms with Gasteiger partial charge in [-0.1, -0.05) is 41.9 Å². The zero-order valence-electron chi connectivity index (χ0n) is 13.4. The van der Waals surface area contributed by atoms with Crippen LogP contribution >= 0.6 is 23.6 Å². The second-order valence-electron chi connectivity index (χ2n) is 5.10. The van der Waals surface area contributed by atoms with Gasteiger partial charge in [0.2, 0.25) is 11.6 Å². The summed E-state index contributed by atoms with van der Waals surface area (Å²) < 4.78 is 24.1. The van der Waals surface area contributed by atoms with Gasteiger partial charge in [-0.2, -0.15) is 0 Å². The fraction of sp³-hybridized carbons (Fsp3) is 0.167. The van der Waals surface area contributed by atoms with E-state index in [1.165, 1.54) is 18.2 Å². The van der Waals surface area contributed by atoms with E-state index in [1.807, 2.05) is 30.3 Å². The lowest BCUT2D eigenvalue weighted by atomic mass is 10.1. The number of halogens is 2. The minimum absolute atomic E-state index is 0.139. The van der Waals surface area contributed by atoms with Crippen LogP contribution in [0.15, 0.2) is 60.2 Å². The molecule has 0 spiro atoms. The van der Waals surface area contributed by atoms with Crippen LogP contribution in [-0.4, -0.2) is 6.29 Å². The van der Waals surface area contributed by atoms with Gasteiger partial charge in [-0.25, -0.2) is 4.39 Å². The van der Waals surface area contributed by atoms with Crippen LogP contribution in [0.2, 0.25) is 5.02 Å². The molecule has 1 atom stereocenters. The summed E-state index contributed by atoms with van der Waals surface area (Å²) in [5, 5.41) is 0.341. The maximum absolute atomic E-state index is 13.4. The van der Waals surface area contributed by atoms with Gasteiger partial charge in [0, 0.05) is 10.6 Å². The van der Waals surface area contributed by atoms with Gasteiger partial charge >= 0.3 is 0 Å². The van der Waals surface area contributed by atoms with Gasteiger partial charge < -0.3 is 14.7 Å². The Morgan fingerprint density at radius 3 is 2.72 bits per heavy atom. The highest BCUT2D eigenvalue weighted by Crippen LogP contribution is 2.28. The Balaban J connectivity index is 2.00. The van der Waals surface area contributed by atoms with Gasteiger partial charge in [0.05, 0.1) is 17.8 Å². The van der Waals surface area contributed by atoms with Crippen molar-refractivity contribution in [3.63, 3.8) is 0 Å². The molecule has 0 saturated heterocycles. The third-order valence-corrected chi connectivity index (χ3v) is 4.36. The van der Waals surface area contributed by atoms with Crippen molar-refractivity contribution in [2.75, 3.05) is 0 Å². The maximum atomic E-state index is 13.4. The third kappa shape index (κ3) is 5.69. The van der Waals surface area contributed by atoms with Crippen LogP contribution in [0.3, 0.4) is 0 Å². The molecule has 132 valence electrons. The van der Waals surface area contributed by atoms with Crippen molar-refractivity contribution < 1.29 is 18.1 Å². The SMILES string of the molecule is CC(O/C(N)=C(\C=O)OSCc1ccccc1)c1cc(F)ccc1Cl. The number of hydrogen-bond acceptors (Lipinski definition) is 5. The van der Waals surface area contributed by atoms with E-state index in [0.717, 1.165) is 17.6 Å². The van der Waals surface area contributed by atoms with Crippen LogP contribution in [0.5, 0.6) is 0 Å². The normalized spacial score (nSPS) is 12.9. The maximum Gasteiger partial charge on any atom is 0.236 e. The molecule has 2 aromatic rings. The Kier molecular flexibility index (Phi) is 7.16. The lowest BCUT2D eigenvalue weighted by Gasteiger charge is -2.17.